The van der Waals surface area contributed by atoms with Gasteiger partial charge in [-0.2, -0.15) is 0 Å². The van der Waals surface area contributed by atoms with Crippen molar-refractivity contribution >= 4 is 23.4 Å². The highest BCUT2D eigenvalue weighted by atomic mass is 35.5. The number of carbonyl (C=O) groups excluding carboxylic acids is 2. The maximum absolute atomic E-state index is 13.2. The van der Waals surface area contributed by atoms with Crippen LogP contribution in [0.4, 0.5) is 0 Å². The molecule has 1 aliphatic carbocycles. The lowest BCUT2D eigenvalue weighted by Gasteiger charge is -2.43. The van der Waals surface area contributed by atoms with Crippen LogP contribution in [0.1, 0.15) is 69.8 Å². The van der Waals surface area contributed by atoms with E-state index in [9.17, 15) is 9.59 Å². The van der Waals surface area contributed by atoms with Crippen molar-refractivity contribution in [3.63, 3.8) is 0 Å². The molecule has 2 saturated heterocycles. The lowest BCUT2D eigenvalue weighted by molar-refractivity contribution is -0.166. The summed E-state index contributed by atoms with van der Waals surface area (Å²) >= 11 is 6.17. The molecule has 2 amide bonds. The van der Waals surface area contributed by atoms with Gasteiger partial charge in [-0.05, 0) is 62.3 Å². The molecule has 4 rings (SSSR count). The number of morpholine rings is 1. The van der Waals surface area contributed by atoms with E-state index in [-0.39, 0.29) is 24.8 Å². The van der Waals surface area contributed by atoms with Crippen LogP contribution in [-0.4, -0.2) is 66.6 Å². The van der Waals surface area contributed by atoms with Crippen molar-refractivity contribution in [2.24, 2.45) is 5.92 Å². The summed E-state index contributed by atoms with van der Waals surface area (Å²) < 4.78 is 12.4. The Morgan fingerprint density at radius 2 is 1.82 bits per heavy atom. The number of rotatable bonds is 8. The van der Waals surface area contributed by atoms with Gasteiger partial charge < -0.3 is 19.3 Å². The van der Waals surface area contributed by atoms with Crippen LogP contribution in [0.25, 0.3) is 0 Å². The van der Waals surface area contributed by atoms with E-state index >= 15 is 0 Å². The zero-order valence-corrected chi connectivity index (χ0v) is 21.3. The van der Waals surface area contributed by atoms with Gasteiger partial charge in [-0.3, -0.25) is 9.59 Å². The van der Waals surface area contributed by atoms with E-state index in [1.165, 1.54) is 32.1 Å². The second kappa shape index (κ2) is 11.8. The first-order valence-corrected chi connectivity index (χ1v) is 13.4. The molecule has 6 nitrogen and oxygen atoms in total. The number of piperidine rings is 1. The number of ether oxygens (including phenoxy) is 2. The van der Waals surface area contributed by atoms with Crippen molar-refractivity contribution in [2.45, 2.75) is 76.7 Å². The van der Waals surface area contributed by atoms with Crippen LogP contribution in [0.5, 0.6) is 5.75 Å². The molecule has 1 saturated carbocycles. The summed E-state index contributed by atoms with van der Waals surface area (Å²) in [4.78, 5) is 30.2. The van der Waals surface area contributed by atoms with E-state index in [0.717, 1.165) is 37.9 Å². The summed E-state index contributed by atoms with van der Waals surface area (Å²) in [5.74, 6) is 1.65. The molecule has 188 valence electrons. The van der Waals surface area contributed by atoms with Gasteiger partial charge in [0.15, 0.2) is 0 Å². The van der Waals surface area contributed by atoms with Gasteiger partial charge in [-0.15, -0.1) is 0 Å². The Labute approximate surface area is 208 Å². The molecule has 0 unspecified atom stereocenters. The first-order valence-electron chi connectivity index (χ1n) is 13.0. The summed E-state index contributed by atoms with van der Waals surface area (Å²) in [6.45, 7) is 5.15. The molecule has 0 spiro atoms. The molecule has 0 bridgehead atoms. The molecule has 1 aromatic carbocycles. The average molecular weight is 491 g/mol. The fraction of sp³-hybridized carbons (Fsp3) is 0.704. The highest BCUT2D eigenvalue weighted by Gasteiger charge is 2.42. The minimum Gasteiger partial charge on any atom is -0.490 e. The molecule has 1 atom stereocenters. The molecule has 0 radical (unpaired) electrons. The van der Waals surface area contributed by atoms with Gasteiger partial charge in [0.05, 0.1) is 19.6 Å². The van der Waals surface area contributed by atoms with Gasteiger partial charge in [0.2, 0.25) is 11.8 Å². The summed E-state index contributed by atoms with van der Waals surface area (Å²) in [6.07, 6.45) is 10.1. The zero-order valence-electron chi connectivity index (χ0n) is 20.5. The fourth-order valence-electron chi connectivity index (χ4n) is 5.54. The third-order valence-electron chi connectivity index (χ3n) is 7.66. The van der Waals surface area contributed by atoms with E-state index < -0.39 is 5.60 Å². The first kappa shape index (κ1) is 25.3. The Morgan fingerprint density at radius 3 is 2.56 bits per heavy atom. The van der Waals surface area contributed by atoms with Gasteiger partial charge in [0.25, 0.3) is 0 Å². The van der Waals surface area contributed by atoms with Crippen molar-refractivity contribution in [1.29, 1.82) is 0 Å². The zero-order chi connectivity index (χ0) is 24.0. The van der Waals surface area contributed by atoms with Crippen LogP contribution < -0.4 is 4.74 Å². The third-order valence-corrected chi connectivity index (χ3v) is 8.08. The Morgan fingerprint density at radius 1 is 1.06 bits per heavy atom. The van der Waals surface area contributed by atoms with Crippen LogP contribution in [0.15, 0.2) is 18.2 Å². The van der Waals surface area contributed by atoms with Crippen molar-refractivity contribution in [3.05, 3.63) is 28.8 Å². The molecular formula is C27H39ClN2O4. The number of carbonyl (C=O) groups is 2. The van der Waals surface area contributed by atoms with Crippen LogP contribution >= 0.6 is 11.6 Å². The molecule has 34 heavy (non-hydrogen) atoms. The molecule has 3 fully saturated rings. The highest BCUT2D eigenvalue weighted by molar-refractivity contribution is 6.31. The number of benzene rings is 1. The van der Waals surface area contributed by atoms with Crippen molar-refractivity contribution in [1.82, 2.24) is 9.80 Å². The molecule has 1 aromatic rings. The quantitative estimate of drug-likeness (QED) is 0.514. The van der Waals surface area contributed by atoms with E-state index in [4.69, 9.17) is 21.1 Å². The molecule has 7 heteroatoms. The molecule has 3 aliphatic rings. The average Bonchev–Trinajstić information content (AvgIpc) is 3.38. The van der Waals surface area contributed by atoms with Crippen LogP contribution in [0.3, 0.4) is 0 Å². The van der Waals surface area contributed by atoms with E-state index in [0.29, 0.717) is 42.8 Å². The number of hydrogen-bond donors (Lipinski definition) is 0. The van der Waals surface area contributed by atoms with Gasteiger partial charge in [-0.25, -0.2) is 0 Å². The van der Waals surface area contributed by atoms with Crippen molar-refractivity contribution in [2.75, 3.05) is 39.4 Å². The van der Waals surface area contributed by atoms with Gasteiger partial charge in [-0.1, -0.05) is 37.3 Å². The van der Waals surface area contributed by atoms with Gasteiger partial charge in [0, 0.05) is 31.1 Å². The van der Waals surface area contributed by atoms with Crippen molar-refractivity contribution in [3.8, 4) is 5.75 Å². The fourth-order valence-corrected chi connectivity index (χ4v) is 5.66. The Balaban J connectivity index is 1.44. The molecule has 0 N–H and O–H groups in total. The van der Waals surface area contributed by atoms with E-state index in [1.807, 2.05) is 34.9 Å². The predicted octanol–water partition coefficient (Wildman–Crippen LogP) is 5.00. The monoisotopic (exact) mass is 490 g/mol. The van der Waals surface area contributed by atoms with E-state index in [2.05, 4.69) is 0 Å². The maximum Gasteiger partial charge on any atom is 0.225 e. The van der Waals surface area contributed by atoms with Gasteiger partial charge >= 0.3 is 0 Å². The summed E-state index contributed by atoms with van der Waals surface area (Å²) in [7, 11) is 0. The first-order chi connectivity index (χ1) is 16.4. The number of aryl methyl sites for hydroxylation is 1. The van der Waals surface area contributed by atoms with Crippen LogP contribution in [-0.2, 0) is 14.3 Å². The second-order valence-electron chi connectivity index (χ2n) is 10.4. The molecule has 2 heterocycles. The van der Waals surface area contributed by atoms with E-state index in [1.54, 1.807) is 0 Å². The Kier molecular flexibility index (Phi) is 8.75. The molecular weight excluding hydrogens is 452 g/mol. The minimum atomic E-state index is -0.844. The Bertz CT molecular complexity index is 851. The topological polar surface area (TPSA) is 59.1 Å². The third kappa shape index (κ3) is 6.66. The maximum atomic E-state index is 13.2. The summed E-state index contributed by atoms with van der Waals surface area (Å²) in [6, 6.07) is 5.55. The number of halogens is 1. The second-order valence-corrected chi connectivity index (χ2v) is 10.8. The molecule has 2 aliphatic heterocycles. The lowest BCUT2D eigenvalue weighted by atomic mass is 9.95. The van der Waals surface area contributed by atoms with Crippen molar-refractivity contribution < 1.29 is 19.1 Å². The standard InChI is InChI=1S/C27H39ClN2O4/c1-21-17-23(10-11-24(21)28)33-20-27(18-26(32)29-13-5-2-6-14-29)19-30(15-16-34-27)25(31)12-9-22-7-3-4-8-22/h10-11,17,22H,2-9,12-16,18-20H2,1H3/t27-/m1/s1. The number of nitrogens with zero attached hydrogens (tertiary/aromatic N) is 2. The lowest BCUT2D eigenvalue weighted by Crippen LogP contribution is -2.58. The minimum absolute atomic E-state index is 0.0934. The van der Waals surface area contributed by atoms with Crippen LogP contribution in [0, 0.1) is 12.8 Å². The SMILES string of the molecule is Cc1cc(OC[C@@]2(CC(=O)N3CCCCC3)CN(C(=O)CCC3CCCC3)CCO2)ccc1Cl. The largest absolute Gasteiger partial charge is 0.490 e. The normalized spacial score (nSPS) is 23.8. The van der Waals surface area contributed by atoms with Gasteiger partial charge in [0.1, 0.15) is 18.0 Å². The number of likely N-dealkylation sites (tertiary alicyclic amines) is 1. The smallest absolute Gasteiger partial charge is 0.225 e. The Hall–Kier alpha value is -1.79. The molecule has 0 aromatic heterocycles. The predicted molar refractivity (Wildman–Crippen MR) is 133 cm³/mol. The number of hydrogen-bond acceptors (Lipinski definition) is 4. The summed E-state index contributed by atoms with van der Waals surface area (Å²) in [5, 5.41) is 0.690. The number of amides is 2. The highest BCUT2D eigenvalue weighted by Crippen LogP contribution is 2.31. The summed E-state index contributed by atoms with van der Waals surface area (Å²) in [5.41, 5.74) is 0.0921. The van der Waals surface area contributed by atoms with Crippen LogP contribution in [0.2, 0.25) is 5.02 Å².